The number of hydrogen-bond acceptors (Lipinski definition) is 6. The maximum Gasteiger partial charge on any atom is 0.337 e. The Bertz CT molecular complexity index is 816. The Labute approximate surface area is 158 Å². The van der Waals surface area contributed by atoms with E-state index < -0.39 is 17.6 Å². The molecule has 0 saturated heterocycles. The number of para-hydroxylation sites is 1. The van der Waals surface area contributed by atoms with Crippen molar-refractivity contribution in [2.75, 3.05) is 26.1 Å². The summed E-state index contributed by atoms with van der Waals surface area (Å²) in [6.07, 6.45) is 0. The number of benzene rings is 2. The van der Waals surface area contributed by atoms with Crippen LogP contribution in [0.2, 0.25) is 0 Å². The number of anilines is 1. The van der Waals surface area contributed by atoms with Gasteiger partial charge >= 0.3 is 5.97 Å². The molecule has 0 radical (unpaired) electrons. The molecular formula is C18H17F2NO5S. The second-order valence-electron chi connectivity index (χ2n) is 5.07. The Morgan fingerprint density at radius 2 is 1.85 bits per heavy atom. The molecule has 0 aliphatic rings. The van der Waals surface area contributed by atoms with Crippen molar-refractivity contribution in [2.24, 2.45) is 0 Å². The molecule has 1 amide bonds. The van der Waals surface area contributed by atoms with Crippen molar-refractivity contribution >= 4 is 29.3 Å². The van der Waals surface area contributed by atoms with Crippen molar-refractivity contribution in [3.8, 4) is 11.5 Å². The summed E-state index contributed by atoms with van der Waals surface area (Å²) >= 11 is 0.341. The van der Waals surface area contributed by atoms with Crippen LogP contribution >= 0.6 is 11.8 Å². The van der Waals surface area contributed by atoms with E-state index in [-0.39, 0.29) is 34.3 Å². The van der Waals surface area contributed by atoms with Gasteiger partial charge in [-0.3, -0.25) is 4.79 Å². The molecule has 6 nitrogen and oxygen atoms in total. The standard InChI is InChI=1S/C18H17F2NO5S/c1-24-14-9-11(17(23)25-2)7-8-13(14)26-10-16(22)21-12-5-3-4-6-15(12)27-18(19)20/h3-9,18H,10H2,1-2H3,(H,21,22). The van der Waals surface area contributed by atoms with E-state index in [9.17, 15) is 18.4 Å². The maximum absolute atomic E-state index is 12.6. The summed E-state index contributed by atoms with van der Waals surface area (Å²) in [7, 11) is 2.65. The highest BCUT2D eigenvalue weighted by molar-refractivity contribution is 7.99. The molecule has 27 heavy (non-hydrogen) atoms. The third kappa shape index (κ3) is 5.85. The number of esters is 1. The first-order valence-electron chi connectivity index (χ1n) is 7.67. The smallest absolute Gasteiger partial charge is 0.337 e. The topological polar surface area (TPSA) is 73.9 Å². The predicted molar refractivity (Wildman–Crippen MR) is 96.8 cm³/mol. The molecule has 0 fully saturated rings. The monoisotopic (exact) mass is 397 g/mol. The second-order valence-corrected chi connectivity index (χ2v) is 6.10. The van der Waals surface area contributed by atoms with Crippen molar-refractivity contribution in [3.05, 3.63) is 48.0 Å². The molecular weight excluding hydrogens is 380 g/mol. The van der Waals surface area contributed by atoms with Crippen molar-refractivity contribution in [2.45, 2.75) is 10.7 Å². The van der Waals surface area contributed by atoms with Crippen LogP contribution in [0, 0.1) is 0 Å². The SMILES string of the molecule is COC(=O)c1ccc(OCC(=O)Nc2ccccc2SC(F)F)c(OC)c1. The minimum Gasteiger partial charge on any atom is -0.493 e. The van der Waals surface area contributed by atoms with E-state index in [2.05, 4.69) is 10.1 Å². The summed E-state index contributed by atoms with van der Waals surface area (Å²) in [6, 6.07) is 10.6. The van der Waals surface area contributed by atoms with E-state index in [4.69, 9.17) is 9.47 Å². The summed E-state index contributed by atoms with van der Waals surface area (Å²) in [5, 5.41) is 2.53. The largest absolute Gasteiger partial charge is 0.493 e. The molecule has 144 valence electrons. The number of nitrogens with one attached hydrogen (secondary N) is 1. The number of methoxy groups -OCH3 is 2. The quantitative estimate of drug-likeness (QED) is 0.539. The highest BCUT2D eigenvalue weighted by Crippen LogP contribution is 2.32. The van der Waals surface area contributed by atoms with E-state index >= 15 is 0 Å². The summed E-state index contributed by atoms with van der Waals surface area (Å²) in [4.78, 5) is 23.9. The number of rotatable bonds is 8. The first-order valence-corrected chi connectivity index (χ1v) is 8.55. The fraction of sp³-hybridized carbons (Fsp3) is 0.222. The van der Waals surface area contributed by atoms with E-state index in [1.165, 1.54) is 44.6 Å². The number of halogens is 2. The number of thioether (sulfide) groups is 1. The Hall–Kier alpha value is -2.81. The molecule has 0 unspecified atom stereocenters. The lowest BCUT2D eigenvalue weighted by Crippen LogP contribution is -2.20. The number of ether oxygens (including phenoxy) is 3. The number of carbonyl (C=O) groups is 2. The minimum absolute atomic E-state index is 0.246. The van der Waals surface area contributed by atoms with E-state index in [1.807, 2.05) is 0 Å². The minimum atomic E-state index is -2.60. The Morgan fingerprint density at radius 3 is 2.52 bits per heavy atom. The zero-order valence-corrected chi connectivity index (χ0v) is 15.3. The molecule has 0 spiro atoms. The fourth-order valence-corrected chi connectivity index (χ4v) is 2.73. The van der Waals surface area contributed by atoms with Crippen LogP contribution < -0.4 is 14.8 Å². The van der Waals surface area contributed by atoms with E-state index in [0.717, 1.165) is 0 Å². The summed E-state index contributed by atoms with van der Waals surface area (Å²) < 4.78 is 40.3. The zero-order valence-electron chi connectivity index (χ0n) is 14.5. The summed E-state index contributed by atoms with van der Waals surface area (Å²) in [6.45, 7) is -0.373. The third-order valence-corrected chi connectivity index (χ3v) is 4.11. The highest BCUT2D eigenvalue weighted by Gasteiger charge is 2.14. The molecule has 0 aliphatic heterocycles. The van der Waals surface area contributed by atoms with Crippen LogP contribution in [0.15, 0.2) is 47.4 Å². The average Bonchev–Trinajstić information content (AvgIpc) is 2.66. The van der Waals surface area contributed by atoms with Gasteiger partial charge in [-0.15, -0.1) is 0 Å². The van der Waals surface area contributed by atoms with Gasteiger partial charge in [0.25, 0.3) is 11.7 Å². The molecule has 9 heteroatoms. The molecule has 0 atom stereocenters. The molecule has 2 aromatic carbocycles. The number of amides is 1. The molecule has 0 aromatic heterocycles. The Balaban J connectivity index is 2.03. The lowest BCUT2D eigenvalue weighted by atomic mass is 10.2. The van der Waals surface area contributed by atoms with E-state index in [0.29, 0.717) is 11.8 Å². The van der Waals surface area contributed by atoms with Crippen LogP contribution in [0.25, 0.3) is 0 Å². The normalized spacial score (nSPS) is 10.4. The van der Waals surface area contributed by atoms with Crippen LogP contribution in [-0.4, -0.2) is 38.5 Å². The van der Waals surface area contributed by atoms with Gasteiger partial charge in [-0.1, -0.05) is 23.9 Å². The van der Waals surface area contributed by atoms with Gasteiger partial charge in [0, 0.05) is 4.90 Å². The van der Waals surface area contributed by atoms with Gasteiger partial charge in [0.2, 0.25) is 0 Å². The van der Waals surface area contributed by atoms with Gasteiger partial charge < -0.3 is 19.5 Å². The number of alkyl halides is 2. The van der Waals surface area contributed by atoms with Crippen LogP contribution in [0.1, 0.15) is 10.4 Å². The van der Waals surface area contributed by atoms with Gasteiger partial charge in [-0.05, 0) is 30.3 Å². The second kappa shape index (κ2) is 9.77. The first kappa shape index (κ1) is 20.5. The van der Waals surface area contributed by atoms with Gasteiger partial charge in [-0.2, -0.15) is 8.78 Å². The third-order valence-electron chi connectivity index (χ3n) is 3.32. The van der Waals surface area contributed by atoms with Crippen LogP contribution in [0.5, 0.6) is 11.5 Å². The Kier molecular flexibility index (Phi) is 7.42. The van der Waals surface area contributed by atoms with Crippen molar-refractivity contribution in [1.82, 2.24) is 0 Å². The highest BCUT2D eigenvalue weighted by atomic mass is 32.2. The van der Waals surface area contributed by atoms with Gasteiger partial charge in [0.15, 0.2) is 18.1 Å². The molecule has 2 rings (SSSR count). The molecule has 0 bridgehead atoms. The zero-order chi connectivity index (χ0) is 19.8. The van der Waals surface area contributed by atoms with Gasteiger partial charge in [0.05, 0.1) is 25.5 Å². The summed E-state index contributed by atoms with van der Waals surface area (Å²) in [5.74, 6) is -3.17. The lowest BCUT2D eigenvalue weighted by Gasteiger charge is -2.13. The average molecular weight is 397 g/mol. The molecule has 0 heterocycles. The van der Waals surface area contributed by atoms with Gasteiger partial charge in [0.1, 0.15) is 0 Å². The molecule has 0 saturated carbocycles. The maximum atomic E-state index is 12.6. The molecule has 1 N–H and O–H groups in total. The first-order chi connectivity index (χ1) is 12.9. The van der Waals surface area contributed by atoms with Crippen LogP contribution in [0.3, 0.4) is 0 Å². The van der Waals surface area contributed by atoms with Crippen LogP contribution in [0.4, 0.5) is 14.5 Å². The molecule has 0 aliphatic carbocycles. The lowest BCUT2D eigenvalue weighted by molar-refractivity contribution is -0.118. The van der Waals surface area contributed by atoms with Crippen molar-refractivity contribution in [3.63, 3.8) is 0 Å². The molecule has 2 aromatic rings. The predicted octanol–water partition coefficient (Wildman–Crippen LogP) is 3.81. The fourth-order valence-electron chi connectivity index (χ4n) is 2.13. The number of hydrogen-bond donors (Lipinski definition) is 1. The van der Waals surface area contributed by atoms with Gasteiger partial charge in [-0.25, -0.2) is 4.79 Å². The van der Waals surface area contributed by atoms with Crippen molar-refractivity contribution in [1.29, 1.82) is 0 Å². The van der Waals surface area contributed by atoms with Crippen LogP contribution in [-0.2, 0) is 9.53 Å². The Morgan fingerprint density at radius 1 is 1.11 bits per heavy atom. The van der Waals surface area contributed by atoms with E-state index in [1.54, 1.807) is 12.1 Å². The summed E-state index contributed by atoms with van der Waals surface area (Å²) in [5.41, 5.74) is 0.536. The number of carbonyl (C=O) groups excluding carboxylic acids is 2. The van der Waals surface area contributed by atoms with Crippen molar-refractivity contribution < 1.29 is 32.6 Å².